The molecule has 4 rings (SSSR count). The quantitative estimate of drug-likeness (QED) is 0.816. The number of hydrogen-bond donors (Lipinski definition) is 0. The second kappa shape index (κ2) is 8.09. The fraction of sp³-hybridized carbons (Fsp3) is 0.455. The summed E-state index contributed by atoms with van der Waals surface area (Å²) in [5.41, 5.74) is 0.912. The maximum absolute atomic E-state index is 12.9. The lowest BCUT2D eigenvalue weighted by Crippen LogP contribution is -2.56. The Morgan fingerprint density at radius 1 is 1.14 bits per heavy atom. The minimum atomic E-state index is -0.0338. The largest absolute Gasteiger partial charge is 0.496 e. The molecule has 1 aromatic carbocycles. The standard InChI is InChI=1S/C22H26N2O4/c1-27-19-8-3-2-6-16(19)14-21(25)23-12-10-18-17(15-23)7-4-11-24(18)22(26)20-9-5-13-28-20/h2-3,5-6,8-9,13,17-18H,4,7,10-12,14-15H2,1H3/t17-,18-/m1/s1. The van der Waals surface area contributed by atoms with Crippen LogP contribution in [0.1, 0.15) is 35.4 Å². The summed E-state index contributed by atoms with van der Waals surface area (Å²) >= 11 is 0. The number of amides is 2. The third kappa shape index (κ3) is 3.63. The summed E-state index contributed by atoms with van der Waals surface area (Å²) in [5, 5.41) is 0. The van der Waals surface area contributed by atoms with E-state index in [4.69, 9.17) is 9.15 Å². The van der Waals surface area contributed by atoms with E-state index in [1.807, 2.05) is 34.1 Å². The zero-order valence-corrected chi connectivity index (χ0v) is 16.2. The highest BCUT2D eigenvalue weighted by atomic mass is 16.5. The van der Waals surface area contributed by atoms with E-state index in [9.17, 15) is 9.59 Å². The molecule has 2 aliphatic rings. The van der Waals surface area contributed by atoms with Gasteiger partial charge in [0.2, 0.25) is 5.91 Å². The van der Waals surface area contributed by atoms with E-state index < -0.39 is 0 Å². The third-order valence-electron chi connectivity index (χ3n) is 5.95. The lowest BCUT2D eigenvalue weighted by Gasteiger charge is -2.47. The number of benzene rings is 1. The Bertz CT molecular complexity index is 833. The second-order valence-corrected chi connectivity index (χ2v) is 7.56. The lowest BCUT2D eigenvalue weighted by atomic mass is 9.83. The van der Waals surface area contributed by atoms with Gasteiger partial charge in [-0.25, -0.2) is 0 Å². The van der Waals surface area contributed by atoms with Crippen molar-refractivity contribution in [1.29, 1.82) is 0 Å². The summed E-state index contributed by atoms with van der Waals surface area (Å²) < 4.78 is 10.7. The maximum atomic E-state index is 12.9. The van der Waals surface area contributed by atoms with Gasteiger partial charge in [0.05, 0.1) is 19.8 Å². The van der Waals surface area contributed by atoms with Crippen LogP contribution in [0.4, 0.5) is 0 Å². The van der Waals surface area contributed by atoms with Crippen LogP contribution in [0.2, 0.25) is 0 Å². The van der Waals surface area contributed by atoms with Crippen molar-refractivity contribution in [2.75, 3.05) is 26.7 Å². The number of likely N-dealkylation sites (tertiary alicyclic amines) is 2. The van der Waals surface area contributed by atoms with Gasteiger partial charge in [0, 0.05) is 31.2 Å². The van der Waals surface area contributed by atoms with Gasteiger partial charge < -0.3 is 19.0 Å². The van der Waals surface area contributed by atoms with E-state index in [1.54, 1.807) is 19.2 Å². The molecule has 0 spiro atoms. The number of nitrogens with zero attached hydrogens (tertiary/aromatic N) is 2. The first-order valence-electron chi connectivity index (χ1n) is 9.91. The van der Waals surface area contributed by atoms with Crippen molar-refractivity contribution in [3.05, 3.63) is 54.0 Å². The van der Waals surface area contributed by atoms with Crippen LogP contribution in [0, 0.1) is 5.92 Å². The molecule has 3 heterocycles. The van der Waals surface area contributed by atoms with Crippen molar-refractivity contribution >= 4 is 11.8 Å². The van der Waals surface area contributed by atoms with E-state index in [-0.39, 0.29) is 17.9 Å². The van der Waals surface area contributed by atoms with Gasteiger partial charge in [-0.05, 0) is 43.4 Å². The second-order valence-electron chi connectivity index (χ2n) is 7.56. The summed E-state index contributed by atoms with van der Waals surface area (Å²) in [7, 11) is 1.63. The first kappa shape index (κ1) is 18.6. The van der Waals surface area contributed by atoms with Gasteiger partial charge in [0.1, 0.15) is 5.75 Å². The summed E-state index contributed by atoms with van der Waals surface area (Å²) in [6.45, 7) is 2.15. The summed E-state index contributed by atoms with van der Waals surface area (Å²) in [5.74, 6) is 1.56. The molecule has 6 heteroatoms. The normalized spacial score (nSPS) is 21.9. The fourth-order valence-electron chi connectivity index (χ4n) is 4.55. The van der Waals surface area contributed by atoms with Crippen molar-refractivity contribution in [1.82, 2.24) is 9.80 Å². The summed E-state index contributed by atoms with van der Waals surface area (Å²) in [6.07, 6.45) is 4.70. The van der Waals surface area contributed by atoms with Crippen molar-refractivity contribution < 1.29 is 18.7 Å². The predicted octanol–water partition coefficient (Wildman–Crippen LogP) is 2.98. The van der Waals surface area contributed by atoms with Gasteiger partial charge in [-0.2, -0.15) is 0 Å². The number of methoxy groups -OCH3 is 1. The smallest absolute Gasteiger partial charge is 0.289 e. The molecule has 0 radical (unpaired) electrons. The average molecular weight is 382 g/mol. The Kier molecular flexibility index (Phi) is 5.37. The molecule has 2 saturated heterocycles. The molecule has 2 aromatic rings. The van der Waals surface area contributed by atoms with Crippen molar-refractivity contribution in [2.45, 2.75) is 31.7 Å². The van der Waals surface area contributed by atoms with Crippen LogP contribution in [-0.4, -0.2) is 54.4 Å². The van der Waals surface area contributed by atoms with Gasteiger partial charge >= 0.3 is 0 Å². The molecule has 28 heavy (non-hydrogen) atoms. The summed E-state index contributed by atoms with van der Waals surface area (Å²) in [4.78, 5) is 29.6. The van der Waals surface area contributed by atoms with Gasteiger partial charge in [0.25, 0.3) is 5.91 Å². The Morgan fingerprint density at radius 3 is 2.79 bits per heavy atom. The number of furan rings is 1. The number of piperidine rings is 2. The maximum Gasteiger partial charge on any atom is 0.289 e. The van der Waals surface area contributed by atoms with Crippen LogP contribution < -0.4 is 4.74 Å². The molecule has 0 bridgehead atoms. The van der Waals surface area contributed by atoms with E-state index in [2.05, 4.69) is 0 Å². The topological polar surface area (TPSA) is 63.0 Å². The van der Waals surface area contributed by atoms with Crippen LogP contribution in [0.25, 0.3) is 0 Å². The fourth-order valence-corrected chi connectivity index (χ4v) is 4.55. The Morgan fingerprint density at radius 2 is 2.00 bits per heavy atom. The molecule has 2 fully saturated rings. The lowest BCUT2D eigenvalue weighted by molar-refractivity contribution is -0.133. The van der Waals surface area contributed by atoms with E-state index in [0.29, 0.717) is 31.2 Å². The minimum absolute atomic E-state index is 0.0338. The summed E-state index contributed by atoms with van der Waals surface area (Å²) in [6, 6.07) is 11.3. The van der Waals surface area contributed by atoms with E-state index >= 15 is 0 Å². The van der Waals surface area contributed by atoms with Crippen LogP contribution in [0.5, 0.6) is 5.75 Å². The highest BCUT2D eigenvalue weighted by molar-refractivity contribution is 5.91. The van der Waals surface area contributed by atoms with E-state index in [0.717, 1.165) is 37.1 Å². The molecule has 2 atom stereocenters. The molecular weight excluding hydrogens is 356 g/mol. The third-order valence-corrected chi connectivity index (χ3v) is 5.95. The molecule has 0 saturated carbocycles. The van der Waals surface area contributed by atoms with Crippen molar-refractivity contribution in [3.8, 4) is 5.75 Å². The van der Waals surface area contributed by atoms with Crippen molar-refractivity contribution in [3.63, 3.8) is 0 Å². The van der Waals surface area contributed by atoms with Crippen LogP contribution in [0.15, 0.2) is 47.1 Å². The predicted molar refractivity (Wildman–Crippen MR) is 104 cm³/mol. The molecule has 0 unspecified atom stereocenters. The molecule has 0 N–H and O–H groups in total. The van der Waals surface area contributed by atoms with Crippen LogP contribution >= 0.6 is 0 Å². The first-order chi connectivity index (χ1) is 13.7. The molecule has 6 nitrogen and oxygen atoms in total. The number of carbonyl (C=O) groups excluding carboxylic acids is 2. The van der Waals surface area contributed by atoms with Gasteiger partial charge in [-0.15, -0.1) is 0 Å². The monoisotopic (exact) mass is 382 g/mol. The van der Waals surface area contributed by atoms with Crippen molar-refractivity contribution in [2.24, 2.45) is 5.92 Å². The SMILES string of the molecule is COc1ccccc1CC(=O)N1CC[C@@H]2[C@H](CCCN2C(=O)c2ccco2)C1. The minimum Gasteiger partial charge on any atom is -0.496 e. The molecule has 2 aliphatic heterocycles. The molecule has 0 aliphatic carbocycles. The highest BCUT2D eigenvalue weighted by Crippen LogP contribution is 2.32. The number of fused-ring (bicyclic) bond motifs is 1. The van der Waals surface area contributed by atoms with Gasteiger partial charge in [0.15, 0.2) is 5.76 Å². The Balaban J connectivity index is 1.42. The first-order valence-corrected chi connectivity index (χ1v) is 9.91. The zero-order valence-electron chi connectivity index (χ0n) is 16.2. The number of ether oxygens (including phenoxy) is 1. The highest BCUT2D eigenvalue weighted by Gasteiger charge is 2.40. The Labute approximate surface area is 165 Å². The number of hydrogen-bond acceptors (Lipinski definition) is 4. The Hall–Kier alpha value is -2.76. The molecule has 1 aromatic heterocycles. The zero-order chi connectivity index (χ0) is 19.5. The van der Waals surface area contributed by atoms with E-state index in [1.165, 1.54) is 6.26 Å². The van der Waals surface area contributed by atoms with Crippen LogP contribution in [0.3, 0.4) is 0 Å². The molecular formula is C22H26N2O4. The molecule has 148 valence electrons. The molecule has 2 amide bonds. The average Bonchev–Trinajstić information content (AvgIpc) is 3.27. The number of carbonyl (C=O) groups is 2. The van der Waals surface area contributed by atoms with Gasteiger partial charge in [-0.1, -0.05) is 18.2 Å². The number of para-hydroxylation sites is 1. The van der Waals surface area contributed by atoms with Gasteiger partial charge in [-0.3, -0.25) is 9.59 Å². The van der Waals surface area contributed by atoms with Crippen LogP contribution in [-0.2, 0) is 11.2 Å². The number of rotatable bonds is 4.